The van der Waals surface area contributed by atoms with E-state index in [1.165, 1.54) is 0 Å². The molecule has 1 aromatic carbocycles. The van der Waals surface area contributed by atoms with E-state index in [-0.39, 0.29) is 5.56 Å². The zero-order chi connectivity index (χ0) is 16.5. The second-order valence-electron chi connectivity index (χ2n) is 4.15. The highest BCUT2D eigenvalue weighted by atomic mass is 32.1. The average Bonchev–Trinajstić information content (AvgIpc) is 2.82. The first kappa shape index (κ1) is 16.1. The fraction of sp³-hybridized carbons (Fsp3) is 0.167. The maximum absolute atomic E-state index is 13.4. The largest absolute Gasteiger partial charge is 0.435 e. The highest BCUT2D eigenvalue weighted by Gasteiger charge is 2.39. The van der Waals surface area contributed by atoms with Gasteiger partial charge in [-0.25, -0.2) is 13.8 Å². The molecule has 0 aliphatic carbocycles. The van der Waals surface area contributed by atoms with Crippen LogP contribution < -0.4 is 11.1 Å². The lowest BCUT2D eigenvalue weighted by molar-refractivity contribution is -0.141. The van der Waals surface area contributed by atoms with Crippen molar-refractivity contribution in [1.29, 1.82) is 0 Å². The first-order chi connectivity index (χ1) is 10.2. The number of hydrogen-bond acceptors (Lipinski definition) is 4. The summed E-state index contributed by atoms with van der Waals surface area (Å²) in [6, 6.07) is 2.57. The summed E-state index contributed by atoms with van der Waals surface area (Å²) in [5.74, 6) is -2.64. The SMILES string of the molecule is Nc1nc(C(F)(F)F)c(C(=O)NCc2cc(F)ccc2F)s1. The zero-order valence-electron chi connectivity index (χ0n) is 10.7. The Balaban J connectivity index is 2.18. The molecule has 2 aromatic rings. The summed E-state index contributed by atoms with van der Waals surface area (Å²) in [4.78, 5) is 14.1. The highest BCUT2D eigenvalue weighted by Crippen LogP contribution is 2.35. The van der Waals surface area contributed by atoms with Crippen LogP contribution in [-0.2, 0) is 12.7 Å². The van der Waals surface area contributed by atoms with Gasteiger partial charge < -0.3 is 11.1 Å². The molecule has 0 bridgehead atoms. The summed E-state index contributed by atoms with van der Waals surface area (Å²) < 4.78 is 64.4. The van der Waals surface area contributed by atoms with Crippen LogP contribution >= 0.6 is 11.3 Å². The quantitative estimate of drug-likeness (QED) is 0.846. The van der Waals surface area contributed by atoms with Crippen molar-refractivity contribution in [2.75, 3.05) is 5.73 Å². The smallest absolute Gasteiger partial charge is 0.375 e. The number of nitrogen functional groups attached to an aromatic ring is 1. The number of thiazole rings is 1. The average molecular weight is 337 g/mol. The van der Waals surface area contributed by atoms with Crippen LogP contribution in [0.1, 0.15) is 20.9 Å². The Morgan fingerprint density at radius 2 is 2.00 bits per heavy atom. The molecule has 22 heavy (non-hydrogen) atoms. The van der Waals surface area contributed by atoms with Crippen LogP contribution in [0.3, 0.4) is 0 Å². The molecular weight excluding hydrogens is 329 g/mol. The molecule has 0 aliphatic rings. The van der Waals surface area contributed by atoms with Crippen LogP contribution in [0.25, 0.3) is 0 Å². The third-order valence-electron chi connectivity index (χ3n) is 2.57. The predicted molar refractivity (Wildman–Crippen MR) is 69.1 cm³/mol. The molecule has 0 fully saturated rings. The number of nitrogens with one attached hydrogen (secondary N) is 1. The van der Waals surface area contributed by atoms with Crippen LogP contribution in [0.5, 0.6) is 0 Å². The molecule has 1 aromatic heterocycles. The number of benzene rings is 1. The molecule has 0 spiro atoms. The van der Waals surface area contributed by atoms with Gasteiger partial charge in [-0.3, -0.25) is 4.79 Å². The summed E-state index contributed by atoms with van der Waals surface area (Å²) in [5.41, 5.74) is 3.58. The number of rotatable bonds is 3. The molecule has 0 radical (unpaired) electrons. The van der Waals surface area contributed by atoms with Crippen LogP contribution in [-0.4, -0.2) is 10.9 Å². The van der Waals surface area contributed by atoms with Gasteiger partial charge in [-0.15, -0.1) is 0 Å². The Morgan fingerprint density at radius 3 is 2.64 bits per heavy atom. The molecule has 0 saturated heterocycles. The first-order valence-electron chi connectivity index (χ1n) is 5.74. The number of carbonyl (C=O) groups is 1. The van der Waals surface area contributed by atoms with Crippen LogP contribution in [0.15, 0.2) is 18.2 Å². The maximum Gasteiger partial charge on any atom is 0.435 e. The lowest BCUT2D eigenvalue weighted by Gasteiger charge is -2.08. The molecule has 118 valence electrons. The predicted octanol–water partition coefficient (Wildman–Crippen LogP) is 2.95. The van der Waals surface area contributed by atoms with Crippen LogP contribution in [0, 0.1) is 11.6 Å². The second-order valence-corrected chi connectivity index (χ2v) is 5.18. The van der Waals surface area contributed by atoms with E-state index in [1.54, 1.807) is 0 Å². The lowest BCUT2D eigenvalue weighted by Crippen LogP contribution is -2.25. The number of nitrogens with two attached hydrogens (primary N) is 1. The molecule has 10 heteroatoms. The van der Waals surface area contributed by atoms with Crippen molar-refractivity contribution in [3.8, 4) is 0 Å². The Kier molecular flexibility index (Phi) is 4.31. The van der Waals surface area contributed by atoms with Crippen molar-refractivity contribution in [2.24, 2.45) is 0 Å². The molecule has 0 atom stereocenters. The number of aromatic nitrogens is 1. The number of hydrogen-bond donors (Lipinski definition) is 2. The van der Waals surface area contributed by atoms with Crippen molar-refractivity contribution in [1.82, 2.24) is 10.3 Å². The van der Waals surface area contributed by atoms with Crippen molar-refractivity contribution in [3.05, 3.63) is 46.0 Å². The highest BCUT2D eigenvalue weighted by molar-refractivity contribution is 7.17. The van der Waals surface area contributed by atoms with Gasteiger partial charge in [0.2, 0.25) is 0 Å². The second kappa shape index (κ2) is 5.87. The van der Waals surface area contributed by atoms with Gasteiger partial charge in [0, 0.05) is 12.1 Å². The number of anilines is 1. The number of nitrogens with zero attached hydrogens (tertiary/aromatic N) is 1. The van der Waals surface area contributed by atoms with E-state index in [1.807, 2.05) is 0 Å². The first-order valence-corrected chi connectivity index (χ1v) is 6.55. The van der Waals surface area contributed by atoms with E-state index in [2.05, 4.69) is 10.3 Å². The zero-order valence-corrected chi connectivity index (χ0v) is 11.5. The van der Waals surface area contributed by atoms with Gasteiger partial charge in [-0.2, -0.15) is 13.2 Å². The normalized spacial score (nSPS) is 11.5. The third kappa shape index (κ3) is 3.50. The molecule has 1 amide bonds. The number of amides is 1. The lowest BCUT2D eigenvalue weighted by atomic mass is 10.2. The van der Waals surface area contributed by atoms with Crippen molar-refractivity contribution in [3.63, 3.8) is 0 Å². The molecular formula is C12H8F5N3OS. The monoisotopic (exact) mass is 337 g/mol. The summed E-state index contributed by atoms with van der Waals surface area (Å²) >= 11 is 0.359. The van der Waals surface area contributed by atoms with Gasteiger partial charge in [0.15, 0.2) is 10.8 Å². The van der Waals surface area contributed by atoms with E-state index in [9.17, 15) is 26.7 Å². The van der Waals surface area contributed by atoms with Gasteiger partial charge in [0.1, 0.15) is 16.5 Å². The number of carbonyl (C=O) groups excluding carboxylic acids is 1. The Labute approximate surface area is 124 Å². The Bertz CT molecular complexity index is 713. The van der Waals surface area contributed by atoms with E-state index in [4.69, 9.17) is 5.73 Å². The molecule has 2 rings (SSSR count). The summed E-state index contributed by atoms with van der Waals surface area (Å²) in [6.07, 6.45) is -4.84. The topological polar surface area (TPSA) is 68.0 Å². The van der Waals surface area contributed by atoms with Crippen molar-refractivity contribution < 1.29 is 26.7 Å². The standard InChI is InChI=1S/C12H8F5N3OS/c13-6-1-2-7(14)5(3-6)4-19-10(21)8-9(12(15,16)17)20-11(18)22-8/h1-3H,4H2,(H2,18,20)(H,19,21). The van der Waals surface area contributed by atoms with E-state index >= 15 is 0 Å². The van der Waals surface area contributed by atoms with Gasteiger partial charge >= 0.3 is 6.18 Å². The summed E-state index contributed by atoms with van der Waals surface area (Å²) in [7, 11) is 0. The molecule has 1 heterocycles. The molecule has 0 unspecified atom stereocenters. The van der Waals surface area contributed by atoms with Gasteiger partial charge in [-0.05, 0) is 18.2 Å². The van der Waals surface area contributed by atoms with Gasteiger partial charge in [0.25, 0.3) is 5.91 Å². The maximum atomic E-state index is 13.4. The fourth-order valence-corrected chi connectivity index (χ4v) is 2.39. The van der Waals surface area contributed by atoms with Crippen LogP contribution in [0.4, 0.5) is 27.1 Å². The Hall–Kier alpha value is -2.23. The van der Waals surface area contributed by atoms with Crippen LogP contribution in [0.2, 0.25) is 0 Å². The van der Waals surface area contributed by atoms with Crippen molar-refractivity contribution >= 4 is 22.4 Å². The van der Waals surface area contributed by atoms with E-state index in [0.717, 1.165) is 18.2 Å². The fourth-order valence-electron chi connectivity index (χ4n) is 1.62. The molecule has 4 nitrogen and oxygen atoms in total. The molecule has 0 aliphatic heterocycles. The minimum atomic E-state index is -4.84. The Morgan fingerprint density at radius 1 is 1.32 bits per heavy atom. The van der Waals surface area contributed by atoms with Crippen molar-refractivity contribution in [2.45, 2.75) is 12.7 Å². The van der Waals surface area contributed by atoms with Gasteiger partial charge in [-0.1, -0.05) is 11.3 Å². The minimum absolute atomic E-state index is 0.195. The van der Waals surface area contributed by atoms with E-state index in [0.29, 0.717) is 11.3 Å². The minimum Gasteiger partial charge on any atom is -0.375 e. The summed E-state index contributed by atoms with van der Waals surface area (Å²) in [5, 5.41) is 1.66. The summed E-state index contributed by atoms with van der Waals surface area (Å²) in [6.45, 7) is -0.475. The van der Waals surface area contributed by atoms with Gasteiger partial charge in [0.05, 0.1) is 0 Å². The third-order valence-corrected chi connectivity index (χ3v) is 3.45. The van der Waals surface area contributed by atoms with E-state index < -0.39 is 46.0 Å². The molecule has 0 saturated carbocycles. The molecule has 3 N–H and O–H groups in total. The number of halogens is 5. The number of alkyl halides is 3.